The summed E-state index contributed by atoms with van der Waals surface area (Å²) in [7, 11) is 1.58. The number of hydrogen-bond acceptors (Lipinski definition) is 6. The molecule has 4 aromatic rings. The molecule has 0 aliphatic rings. The second kappa shape index (κ2) is 8.38. The van der Waals surface area contributed by atoms with E-state index in [4.69, 9.17) is 20.9 Å². The number of halogens is 1. The first-order valence-electron chi connectivity index (χ1n) is 9.11. The molecule has 30 heavy (non-hydrogen) atoms. The summed E-state index contributed by atoms with van der Waals surface area (Å²) in [5, 5.41) is 11.8. The molecule has 8 nitrogen and oxygen atoms in total. The number of aromatic nitrogens is 4. The normalized spacial score (nSPS) is 10.8. The van der Waals surface area contributed by atoms with E-state index in [2.05, 4.69) is 20.6 Å². The second-order valence-corrected chi connectivity index (χ2v) is 6.90. The van der Waals surface area contributed by atoms with E-state index in [9.17, 15) is 4.79 Å². The van der Waals surface area contributed by atoms with Gasteiger partial charge >= 0.3 is 11.8 Å². The lowest BCUT2D eigenvalue weighted by Gasteiger charge is -2.07. The van der Waals surface area contributed by atoms with Gasteiger partial charge in [0.15, 0.2) is 0 Å². The molecule has 152 valence electrons. The van der Waals surface area contributed by atoms with Crippen LogP contribution in [0.15, 0.2) is 59.3 Å². The minimum absolute atomic E-state index is 0.126. The third-order valence-corrected chi connectivity index (χ3v) is 4.74. The Kier molecular flexibility index (Phi) is 5.49. The van der Waals surface area contributed by atoms with Crippen LogP contribution in [0.4, 0.5) is 0 Å². The van der Waals surface area contributed by atoms with Gasteiger partial charge in [0.2, 0.25) is 5.82 Å². The molecule has 0 atom stereocenters. The van der Waals surface area contributed by atoms with Gasteiger partial charge in [-0.1, -0.05) is 35.0 Å². The third kappa shape index (κ3) is 4.04. The number of nitrogens with zero attached hydrogens (tertiary/aromatic N) is 4. The van der Waals surface area contributed by atoms with Crippen LogP contribution in [-0.4, -0.2) is 32.9 Å². The lowest BCUT2D eigenvalue weighted by atomic mass is 10.2. The van der Waals surface area contributed by atoms with E-state index < -0.39 is 5.91 Å². The molecule has 4 rings (SSSR count). The Morgan fingerprint density at radius 3 is 2.73 bits per heavy atom. The lowest BCUT2D eigenvalue weighted by molar-refractivity contribution is 0.0906. The van der Waals surface area contributed by atoms with Crippen LogP contribution in [0.25, 0.3) is 17.1 Å². The van der Waals surface area contributed by atoms with Crippen molar-refractivity contribution >= 4 is 17.5 Å². The molecule has 2 aromatic heterocycles. The van der Waals surface area contributed by atoms with Gasteiger partial charge in [-0.05, 0) is 37.3 Å². The molecule has 0 bridgehead atoms. The molecule has 2 heterocycles. The average molecular weight is 424 g/mol. The van der Waals surface area contributed by atoms with Gasteiger partial charge < -0.3 is 14.6 Å². The standard InChI is InChI=1S/C21H18ClN5O3/c1-13-17(12-27(25-13)16-9-7-15(22)8-10-16)19-24-21(30-26-19)20(28)23-11-14-5-3-4-6-18(14)29-2/h3-10,12H,11H2,1-2H3,(H,23,28). The molecule has 0 fully saturated rings. The van der Waals surface area contributed by atoms with Crippen molar-refractivity contribution in [1.29, 1.82) is 0 Å². The van der Waals surface area contributed by atoms with Gasteiger partial charge in [-0.15, -0.1) is 0 Å². The smallest absolute Gasteiger partial charge is 0.316 e. The van der Waals surface area contributed by atoms with Crippen molar-refractivity contribution in [2.24, 2.45) is 0 Å². The van der Waals surface area contributed by atoms with Crippen molar-refractivity contribution in [3.05, 3.63) is 76.9 Å². The van der Waals surface area contributed by atoms with Gasteiger partial charge in [0.1, 0.15) is 5.75 Å². The first-order valence-corrected chi connectivity index (χ1v) is 9.49. The van der Waals surface area contributed by atoms with Gasteiger partial charge in [0.05, 0.1) is 24.1 Å². The molecule has 0 aliphatic heterocycles. The van der Waals surface area contributed by atoms with Crippen LogP contribution in [-0.2, 0) is 6.54 Å². The highest BCUT2D eigenvalue weighted by Gasteiger charge is 2.19. The maximum Gasteiger partial charge on any atom is 0.316 e. The minimum atomic E-state index is -0.470. The summed E-state index contributed by atoms with van der Waals surface area (Å²) in [6, 6.07) is 14.7. The summed E-state index contributed by atoms with van der Waals surface area (Å²) < 4.78 is 12.1. The van der Waals surface area contributed by atoms with Gasteiger partial charge in [-0.2, -0.15) is 10.1 Å². The first kappa shape index (κ1) is 19.7. The van der Waals surface area contributed by atoms with Crippen molar-refractivity contribution in [2.45, 2.75) is 13.5 Å². The largest absolute Gasteiger partial charge is 0.496 e. The molecule has 0 aliphatic carbocycles. The van der Waals surface area contributed by atoms with E-state index in [1.54, 1.807) is 30.1 Å². The number of aryl methyl sites for hydroxylation is 1. The summed E-state index contributed by atoms with van der Waals surface area (Å²) >= 11 is 5.94. The highest BCUT2D eigenvalue weighted by Crippen LogP contribution is 2.22. The monoisotopic (exact) mass is 423 g/mol. The molecular weight excluding hydrogens is 406 g/mol. The quantitative estimate of drug-likeness (QED) is 0.506. The number of nitrogens with one attached hydrogen (secondary N) is 1. The highest BCUT2D eigenvalue weighted by molar-refractivity contribution is 6.30. The molecule has 0 spiro atoms. The minimum Gasteiger partial charge on any atom is -0.496 e. The maximum absolute atomic E-state index is 12.4. The molecule has 0 radical (unpaired) electrons. The van der Waals surface area contributed by atoms with Crippen LogP contribution < -0.4 is 10.1 Å². The first-order chi connectivity index (χ1) is 14.5. The molecule has 0 saturated heterocycles. The zero-order valence-corrected chi connectivity index (χ0v) is 17.1. The number of benzene rings is 2. The van der Waals surface area contributed by atoms with E-state index in [1.807, 2.05) is 43.3 Å². The Bertz CT molecular complexity index is 1180. The summed E-state index contributed by atoms with van der Waals surface area (Å²) in [6.45, 7) is 2.10. The van der Waals surface area contributed by atoms with Crippen LogP contribution in [0.1, 0.15) is 21.9 Å². The fraction of sp³-hybridized carbons (Fsp3) is 0.143. The zero-order valence-electron chi connectivity index (χ0n) is 16.3. The van der Waals surface area contributed by atoms with E-state index in [0.29, 0.717) is 22.0 Å². The van der Waals surface area contributed by atoms with Crippen molar-refractivity contribution in [3.63, 3.8) is 0 Å². The fourth-order valence-corrected chi connectivity index (χ4v) is 3.06. The summed E-state index contributed by atoms with van der Waals surface area (Å²) in [6.07, 6.45) is 1.78. The summed E-state index contributed by atoms with van der Waals surface area (Å²) in [5.41, 5.74) is 3.05. The Hall–Kier alpha value is -3.65. The number of carbonyl (C=O) groups excluding carboxylic acids is 1. The SMILES string of the molecule is COc1ccccc1CNC(=O)c1nc(-c2cn(-c3ccc(Cl)cc3)nc2C)no1. The molecule has 9 heteroatoms. The zero-order chi connectivity index (χ0) is 21.1. The summed E-state index contributed by atoms with van der Waals surface area (Å²) in [5.74, 6) is 0.380. The Balaban J connectivity index is 1.50. The van der Waals surface area contributed by atoms with Crippen molar-refractivity contribution < 1.29 is 14.1 Å². The molecule has 0 saturated carbocycles. The predicted molar refractivity (Wildman–Crippen MR) is 111 cm³/mol. The number of carbonyl (C=O) groups is 1. The van der Waals surface area contributed by atoms with Gasteiger partial charge in [-0.25, -0.2) is 4.68 Å². The second-order valence-electron chi connectivity index (χ2n) is 6.47. The molecule has 2 aromatic carbocycles. The number of rotatable bonds is 6. The van der Waals surface area contributed by atoms with Crippen molar-refractivity contribution in [3.8, 4) is 22.8 Å². The molecule has 1 amide bonds. The molecule has 1 N–H and O–H groups in total. The molecule has 0 unspecified atom stereocenters. The van der Waals surface area contributed by atoms with E-state index >= 15 is 0 Å². The number of hydrogen-bond donors (Lipinski definition) is 1. The Morgan fingerprint density at radius 1 is 1.20 bits per heavy atom. The topological polar surface area (TPSA) is 95.1 Å². The van der Waals surface area contributed by atoms with E-state index in [1.165, 1.54) is 0 Å². The highest BCUT2D eigenvalue weighted by atomic mass is 35.5. The van der Waals surface area contributed by atoms with Gasteiger partial charge in [0.25, 0.3) is 0 Å². The van der Waals surface area contributed by atoms with E-state index in [0.717, 1.165) is 11.3 Å². The number of para-hydroxylation sites is 1. The van der Waals surface area contributed by atoms with Crippen LogP contribution >= 0.6 is 11.6 Å². The number of ether oxygens (including phenoxy) is 1. The van der Waals surface area contributed by atoms with Crippen molar-refractivity contribution in [2.75, 3.05) is 7.11 Å². The Morgan fingerprint density at radius 2 is 1.97 bits per heavy atom. The van der Waals surface area contributed by atoms with Crippen molar-refractivity contribution in [1.82, 2.24) is 25.2 Å². The summed E-state index contributed by atoms with van der Waals surface area (Å²) in [4.78, 5) is 16.6. The number of amides is 1. The maximum atomic E-state index is 12.4. The van der Waals surface area contributed by atoms with Gasteiger partial charge in [0, 0.05) is 23.3 Å². The van der Waals surface area contributed by atoms with E-state index in [-0.39, 0.29) is 18.3 Å². The van der Waals surface area contributed by atoms with Crippen LogP contribution in [0.5, 0.6) is 5.75 Å². The Labute approximate surface area is 177 Å². The third-order valence-electron chi connectivity index (χ3n) is 4.48. The van der Waals surface area contributed by atoms with Gasteiger partial charge in [-0.3, -0.25) is 4.79 Å². The average Bonchev–Trinajstić information content (AvgIpc) is 3.39. The lowest BCUT2D eigenvalue weighted by Crippen LogP contribution is -2.23. The van der Waals surface area contributed by atoms with Crippen LogP contribution in [0.3, 0.4) is 0 Å². The van der Waals surface area contributed by atoms with Crippen LogP contribution in [0.2, 0.25) is 5.02 Å². The number of methoxy groups -OCH3 is 1. The molecular formula is C21H18ClN5O3. The fourth-order valence-electron chi connectivity index (χ4n) is 2.93. The van der Waals surface area contributed by atoms with Crippen LogP contribution in [0, 0.1) is 6.92 Å². The predicted octanol–water partition coefficient (Wildman–Crippen LogP) is 3.82.